The molecule has 656 valence electrons. The van der Waals surface area contributed by atoms with Gasteiger partial charge in [0.05, 0.1) is 30.0 Å². The lowest BCUT2D eigenvalue weighted by Crippen LogP contribution is -2.45. The van der Waals surface area contributed by atoms with Gasteiger partial charge >= 0.3 is 0 Å². The van der Waals surface area contributed by atoms with E-state index in [1.807, 2.05) is 58.0 Å². The number of piperazine rings is 6. The van der Waals surface area contributed by atoms with Crippen LogP contribution in [0.4, 0.5) is 46.0 Å². The number of hydrogen-bond acceptors (Lipinski definition) is 22. The lowest BCUT2D eigenvalue weighted by Gasteiger charge is -2.34. The van der Waals surface area contributed by atoms with Crippen molar-refractivity contribution in [2.24, 2.45) is 0 Å². The van der Waals surface area contributed by atoms with E-state index >= 15 is 0 Å². The number of pyridine rings is 2. The summed E-state index contributed by atoms with van der Waals surface area (Å²) in [5.74, 6) is 2.97. The fourth-order valence-corrected chi connectivity index (χ4v) is 12.9. The molecule has 0 bridgehead atoms. The minimum absolute atomic E-state index is 0. The predicted molar refractivity (Wildman–Crippen MR) is 516 cm³/mol. The second-order valence-electron chi connectivity index (χ2n) is 30.3. The Morgan fingerprint density at radius 3 is 1.12 bits per heavy atom. The number of anilines is 8. The van der Waals surface area contributed by atoms with Gasteiger partial charge in [-0.2, -0.15) is 0 Å². The van der Waals surface area contributed by atoms with Gasteiger partial charge in [-0.3, -0.25) is 9.97 Å². The van der Waals surface area contributed by atoms with Crippen molar-refractivity contribution in [1.82, 2.24) is 70.4 Å². The van der Waals surface area contributed by atoms with E-state index in [1.54, 1.807) is 0 Å². The van der Waals surface area contributed by atoms with Crippen molar-refractivity contribution in [1.29, 1.82) is 0 Å². The summed E-state index contributed by atoms with van der Waals surface area (Å²) in [6, 6.07) is 43.3. The van der Waals surface area contributed by atoms with E-state index in [0.717, 1.165) is 211 Å². The van der Waals surface area contributed by atoms with Gasteiger partial charge in [-0.15, -0.1) is 0 Å². The summed E-state index contributed by atoms with van der Waals surface area (Å²) in [6.45, 7) is 49.6. The predicted octanol–water partition coefficient (Wildman–Crippen LogP) is 15.0. The first kappa shape index (κ1) is 108. The molecule has 15 rings (SSSR count). The van der Waals surface area contributed by atoms with E-state index in [2.05, 4.69) is 308 Å². The van der Waals surface area contributed by atoms with E-state index in [0.29, 0.717) is 0 Å². The summed E-state index contributed by atoms with van der Waals surface area (Å²) in [7, 11) is 12.8. The van der Waals surface area contributed by atoms with Crippen molar-refractivity contribution in [3.8, 4) is 0 Å². The lowest BCUT2D eigenvalue weighted by molar-refractivity contribution is 0.311. The molecule has 11 heterocycles. The smallest absolute Gasteiger partial charge is 0.225 e. The molecule has 0 saturated carbocycles. The van der Waals surface area contributed by atoms with Crippen LogP contribution in [0, 0.1) is 55.4 Å². The fraction of sp³-hybridized carbons (Fsp3) is 0.558. The Morgan fingerprint density at radius 1 is 0.299 bits per heavy atom. The fourth-order valence-electron chi connectivity index (χ4n) is 12.9. The third-order valence-corrected chi connectivity index (χ3v) is 20.3. The molecule has 0 spiro atoms. The molecule has 8 aromatic rings. The average molecular weight is 1620 g/mol. The minimum atomic E-state index is 0. The Balaban J connectivity index is 0.00000130. The normalized spacial score (nSPS) is 16.1. The Labute approximate surface area is 715 Å². The highest BCUT2D eigenvalue weighted by Crippen LogP contribution is 2.21. The quantitative estimate of drug-likeness (QED) is 0.0966. The molecule has 22 nitrogen and oxygen atoms in total. The van der Waals surface area contributed by atoms with Crippen LogP contribution in [0.25, 0.3) is 0 Å². The zero-order chi connectivity index (χ0) is 77.5. The summed E-state index contributed by atoms with van der Waals surface area (Å²) in [5, 5.41) is 13.5. The third kappa shape index (κ3) is 41.1. The molecule has 4 aromatic heterocycles. The highest BCUT2D eigenvalue weighted by atomic mass is 15.3. The molecule has 7 aliphatic rings. The van der Waals surface area contributed by atoms with Crippen LogP contribution < -0.4 is 55.6 Å². The van der Waals surface area contributed by atoms with Crippen molar-refractivity contribution in [3.05, 3.63) is 203 Å². The second kappa shape index (κ2) is 60.0. The molecule has 7 aliphatic heterocycles. The lowest BCUT2D eigenvalue weighted by atomic mass is 10.2. The zero-order valence-electron chi connectivity index (χ0n) is 69.0. The van der Waals surface area contributed by atoms with E-state index in [9.17, 15) is 0 Å². The summed E-state index contributed by atoms with van der Waals surface area (Å²) < 4.78 is 0. The van der Waals surface area contributed by atoms with Crippen LogP contribution in [-0.4, -0.2) is 293 Å². The monoisotopic (exact) mass is 1620 g/mol. The summed E-state index contributed by atoms with van der Waals surface area (Å²) in [5.41, 5.74) is 16.3. The van der Waals surface area contributed by atoms with Gasteiger partial charge in [-0.1, -0.05) is 131 Å². The van der Waals surface area contributed by atoms with Gasteiger partial charge < -0.3 is 80.1 Å². The molecule has 117 heavy (non-hydrogen) atoms. The van der Waals surface area contributed by atoms with Crippen LogP contribution in [0.5, 0.6) is 0 Å². The number of rotatable bonds is 11. The molecule has 4 aromatic carbocycles. The Morgan fingerprint density at radius 2 is 0.684 bits per heavy atom. The summed E-state index contributed by atoms with van der Waals surface area (Å²) in [6.07, 6.45) is 12.6. The summed E-state index contributed by atoms with van der Waals surface area (Å²) >= 11 is 0. The van der Waals surface area contributed by atoms with Gasteiger partial charge in [0.25, 0.3) is 0 Å². The molecule has 0 amide bonds. The standard InChI is InChI=1S/2C12H18N2.C11H17N3.C11H16N2.C11H18N2.2C10H16N4.C10H15N3.8CH4/c1-11-3-5-12(6-4-11)14-9-7-13(2)8-10-14;1-11-3-5-12(6-4-11)14-9-2-7-13-8-10-14;1-10-3-4-11(9-12-10)14-7-5-13(2)6-8-14;1-10-3-2-4-11(9-10)13-7-5-12-6-8-13;1-10-4-6-11(7-5-10)12-8-9-13(2)3;1-9-7-12-10(8-11-9)14-5-3-13(2)4-6-14;1-9-7-11-10(12-8-9)14-5-3-13(2)4-6-14;1-9-2-3-10(12-8-9)13-6-4-11-5-7-13;;;;;;;;/h3-6H,7-10H2,1-2H3;3-6,13H,2,7-10H2,1H3;3-4,9H,5-8H2,1-2H3;2-4,9,12H,5-8H2,1H3;4-7,12H,8-9H2,1-3H3;2*7-8H,3-6H2,1-2H3;2-3,8,11H,4-7H2,1H3;8*1H4. The molecule has 0 unspecified atom stereocenters. The molecular weight excluding hydrogens is 1450 g/mol. The van der Waals surface area contributed by atoms with Crippen LogP contribution in [0.2, 0.25) is 0 Å². The van der Waals surface area contributed by atoms with E-state index in [-0.39, 0.29) is 59.4 Å². The topological polar surface area (TPSA) is 164 Å². The number of aromatic nitrogens is 6. The molecule has 4 N–H and O–H groups in total. The second-order valence-corrected chi connectivity index (χ2v) is 30.3. The van der Waals surface area contributed by atoms with Gasteiger partial charge in [0, 0.05) is 237 Å². The van der Waals surface area contributed by atoms with Gasteiger partial charge in [0.2, 0.25) is 5.95 Å². The number of likely N-dealkylation sites (N-methyl/N-ethyl adjacent to an activating group) is 5. The number of nitrogens with zero attached hydrogens (tertiary/aromatic N) is 18. The number of hydrogen-bond donors (Lipinski definition) is 4. The van der Waals surface area contributed by atoms with Crippen molar-refractivity contribution in [3.63, 3.8) is 0 Å². The third-order valence-electron chi connectivity index (χ3n) is 20.3. The minimum Gasteiger partial charge on any atom is -0.384 e. The SMILES string of the molecule is C.C.C.C.C.C.C.C.Cc1ccc(N2CCCNCC2)cc1.Cc1ccc(N2CCN(C)CC2)cc1.Cc1ccc(N2CCN(C)CC2)cn1.Cc1ccc(N2CCNCC2)nc1.Cc1ccc(NCCN(C)C)cc1.Cc1cccc(N2CCNCC2)c1.Cc1cnc(N2CCN(C)CC2)cn1.Cc1cnc(N2CCN(C)CC2)nc1. The van der Waals surface area contributed by atoms with Gasteiger partial charge in [0.1, 0.15) is 11.6 Å². The van der Waals surface area contributed by atoms with Crippen molar-refractivity contribution < 1.29 is 0 Å². The van der Waals surface area contributed by atoms with E-state index in [4.69, 9.17) is 0 Å². The van der Waals surface area contributed by atoms with Gasteiger partial charge in [-0.25, -0.2) is 19.9 Å². The maximum atomic E-state index is 4.40. The van der Waals surface area contributed by atoms with Crippen molar-refractivity contribution in [2.45, 2.75) is 121 Å². The number of benzene rings is 4. The first-order valence-corrected chi connectivity index (χ1v) is 40.0. The van der Waals surface area contributed by atoms with Gasteiger partial charge in [0.15, 0.2) is 0 Å². The van der Waals surface area contributed by atoms with Crippen LogP contribution in [-0.2, 0) is 0 Å². The van der Waals surface area contributed by atoms with Crippen LogP contribution in [0.15, 0.2) is 159 Å². The highest BCUT2D eigenvalue weighted by Gasteiger charge is 2.20. The maximum absolute atomic E-state index is 4.40. The molecule has 0 radical (unpaired) electrons. The van der Waals surface area contributed by atoms with Crippen molar-refractivity contribution >= 4 is 46.0 Å². The molecule has 7 saturated heterocycles. The van der Waals surface area contributed by atoms with Gasteiger partial charge in [-0.05, 0) is 194 Å². The summed E-state index contributed by atoms with van der Waals surface area (Å²) in [4.78, 5) is 54.1. The maximum Gasteiger partial charge on any atom is 0.225 e. The Bertz CT molecular complexity index is 3410. The first-order chi connectivity index (χ1) is 52.8. The molecule has 0 atom stereocenters. The van der Waals surface area contributed by atoms with Crippen LogP contribution >= 0.6 is 0 Å². The Hall–Kier alpha value is -8.58. The largest absolute Gasteiger partial charge is 0.384 e. The molecule has 7 fully saturated rings. The molecule has 0 aliphatic carbocycles. The first-order valence-electron chi connectivity index (χ1n) is 40.0. The highest BCUT2D eigenvalue weighted by molar-refractivity contribution is 5.51. The number of aryl methyl sites for hydroxylation is 8. The van der Waals surface area contributed by atoms with Crippen LogP contribution in [0.1, 0.15) is 111 Å². The zero-order valence-corrected chi connectivity index (χ0v) is 69.0. The average Bonchev–Trinajstić information content (AvgIpc) is 1.43. The molecule has 22 heteroatoms. The van der Waals surface area contributed by atoms with E-state index in [1.165, 1.54) is 82.3 Å². The van der Waals surface area contributed by atoms with Crippen LogP contribution in [0.3, 0.4) is 0 Å². The Kier molecular flexibility index (Phi) is 55.6. The van der Waals surface area contributed by atoms with E-state index < -0.39 is 0 Å². The molecular formula is C95H166N22. The number of nitrogens with one attached hydrogen (secondary N) is 4. The van der Waals surface area contributed by atoms with Crippen molar-refractivity contribution in [2.75, 3.05) is 278 Å².